The van der Waals surface area contributed by atoms with E-state index >= 15 is 0 Å². The molecule has 1 heterocycles. The third kappa shape index (κ3) is 4.04. The van der Waals surface area contributed by atoms with Crippen LogP contribution in [0.25, 0.3) is 0 Å². The van der Waals surface area contributed by atoms with Crippen LogP contribution in [0, 0.1) is 0 Å². The Balaban J connectivity index is 2.03. The Morgan fingerprint density at radius 1 is 1.32 bits per heavy atom. The van der Waals surface area contributed by atoms with Gasteiger partial charge < -0.3 is 10.0 Å². The summed E-state index contributed by atoms with van der Waals surface area (Å²) in [6.07, 6.45) is 3.17. The normalized spacial score (nSPS) is 22.7. The average molecular weight is 262 g/mol. The smallest absolute Gasteiger partial charge is 0.325 e. The molecule has 1 aliphatic heterocycles. The molecule has 4 heteroatoms. The molecule has 2 atom stereocenters. The molecule has 1 fully saturated rings. The lowest BCUT2D eigenvalue weighted by atomic mass is 10.0. The number of carbonyl (C=O) groups is 1. The predicted octanol–water partition coefficient (Wildman–Crippen LogP) is 1.89. The molecular weight excluding hydrogens is 240 g/mol. The molecule has 0 aliphatic carbocycles. The maximum atomic E-state index is 11.5. The van der Waals surface area contributed by atoms with Gasteiger partial charge in [-0.15, -0.1) is 0 Å². The van der Waals surface area contributed by atoms with Crippen LogP contribution in [0.2, 0.25) is 0 Å². The van der Waals surface area contributed by atoms with Crippen LogP contribution in [0.1, 0.15) is 30.9 Å². The molecule has 2 rings (SSSR count). The zero-order valence-corrected chi connectivity index (χ0v) is 11.4. The summed E-state index contributed by atoms with van der Waals surface area (Å²) in [4.78, 5) is 13.8. The van der Waals surface area contributed by atoms with Crippen molar-refractivity contribution in [2.45, 2.75) is 31.3 Å². The van der Waals surface area contributed by atoms with E-state index in [4.69, 9.17) is 0 Å². The van der Waals surface area contributed by atoms with Gasteiger partial charge in [-0.05, 0) is 45.0 Å². The number of likely N-dealkylation sites (tertiary alicyclic amines) is 1. The molecule has 2 unspecified atom stereocenters. The molecule has 0 amide bonds. The van der Waals surface area contributed by atoms with Crippen molar-refractivity contribution in [3.8, 4) is 0 Å². The van der Waals surface area contributed by atoms with Gasteiger partial charge in [0.05, 0.1) is 0 Å². The maximum Gasteiger partial charge on any atom is 0.325 e. The van der Waals surface area contributed by atoms with Crippen molar-refractivity contribution in [3.63, 3.8) is 0 Å². The quantitative estimate of drug-likeness (QED) is 0.870. The van der Waals surface area contributed by atoms with Crippen molar-refractivity contribution < 1.29 is 9.90 Å². The monoisotopic (exact) mass is 262 g/mol. The van der Waals surface area contributed by atoms with E-state index in [0.717, 1.165) is 37.9 Å². The van der Waals surface area contributed by atoms with Crippen molar-refractivity contribution in [2.75, 3.05) is 20.1 Å². The number of carboxylic acids is 1. The standard InChI is InChI=1S/C15H22N2O2/c1-17-10-5-8-13(9-11-17)16-14(15(18)19)12-6-3-2-4-7-12/h2-4,6-7,13-14,16H,5,8-11H2,1H3,(H,18,19). The van der Waals surface area contributed by atoms with Crippen LogP contribution in [0.15, 0.2) is 30.3 Å². The highest BCUT2D eigenvalue weighted by Crippen LogP contribution is 2.17. The zero-order chi connectivity index (χ0) is 13.7. The Kier molecular flexibility index (Phi) is 4.93. The second-order valence-corrected chi connectivity index (χ2v) is 5.28. The summed E-state index contributed by atoms with van der Waals surface area (Å²) in [7, 11) is 2.12. The highest BCUT2D eigenvalue weighted by atomic mass is 16.4. The molecular formula is C15H22N2O2. The van der Waals surface area contributed by atoms with E-state index in [-0.39, 0.29) is 6.04 Å². The number of hydrogen-bond donors (Lipinski definition) is 2. The lowest BCUT2D eigenvalue weighted by Gasteiger charge is -2.22. The summed E-state index contributed by atoms with van der Waals surface area (Å²) in [5.41, 5.74) is 0.826. The highest BCUT2D eigenvalue weighted by molar-refractivity contribution is 5.75. The fourth-order valence-corrected chi connectivity index (χ4v) is 2.60. The van der Waals surface area contributed by atoms with E-state index in [1.807, 2.05) is 30.3 Å². The van der Waals surface area contributed by atoms with Gasteiger partial charge in [-0.1, -0.05) is 30.3 Å². The van der Waals surface area contributed by atoms with Gasteiger partial charge in [-0.2, -0.15) is 0 Å². The predicted molar refractivity (Wildman–Crippen MR) is 75.1 cm³/mol. The molecule has 19 heavy (non-hydrogen) atoms. The summed E-state index contributed by atoms with van der Waals surface area (Å²) >= 11 is 0. The molecule has 0 radical (unpaired) electrons. The van der Waals surface area contributed by atoms with Crippen molar-refractivity contribution in [1.82, 2.24) is 10.2 Å². The average Bonchev–Trinajstić information content (AvgIpc) is 2.61. The number of carboxylic acid groups (broad SMARTS) is 1. The first-order valence-electron chi connectivity index (χ1n) is 6.89. The molecule has 0 aromatic heterocycles. The third-order valence-corrected chi connectivity index (χ3v) is 3.73. The Labute approximate surface area is 114 Å². The van der Waals surface area contributed by atoms with Gasteiger partial charge in [0.2, 0.25) is 0 Å². The first kappa shape index (κ1) is 14.0. The molecule has 4 nitrogen and oxygen atoms in total. The minimum absolute atomic E-state index is 0.284. The number of rotatable bonds is 4. The minimum Gasteiger partial charge on any atom is -0.480 e. The van der Waals surface area contributed by atoms with E-state index in [2.05, 4.69) is 17.3 Å². The second-order valence-electron chi connectivity index (χ2n) is 5.28. The molecule has 104 valence electrons. The molecule has 1 aromatic carbocycles. The number of nitrogens with zero attached hydrogens (tertiary/aromatic N) is 1. The topological polar surface area (TPSA) is 52.6 Å². The van der Waals surface area contributed by atoms with Crippen molar-refractivity contribution in [3.05, 3.63) is 35.9 Å². The lowest BCUT2D eigenvalue weighted by molar-refractivity contribution is -0.139. The van der Waals surface area contributed by atoms with Crippen LogP contribution < -0.4 is 5.32 Å². The molecule has 0 saturated carbocycles. The Morgan fingerprint density at radius 3 is 2.74 bits per heavy atom. The van der Waals surface area contributed by atoms with Gasteiger partial charge in [0.1, 0.15) is 6.04 Å². The molecule has 0 spiro atoms. The number of hydrogen-bond acceptors (Lipinski definition) is 3. The van der Waals surface area contributed by atoms with Crippen LogP contribution in [-0.4, -0.2) is 42.2 Å². The van der Waals surface area contributed by atoms with Crippen molar-refractivity contribution in [2.24, 2.45) is 0 Å². The lowest BCUT2D eigenvalue weighted by Crippen LogP contribution is -2.37. The van der Waals surface area contributed by atoms with Gasteiger partial charge in [0, 0.05) is 6.04 Å². The van der Waals surface area contributed by atoms with E-state index in [0.29, 0.717) is 0 Å². The van der Waals surface area contributed by atoms with Crippen LogP contribution in [-0.2, 0) is 4.79 Å². The van der Waals surface area contributed by atoms with Gasteiger partial charge in [-0.3, -0.25) is 10.1 Å². The van der Waals surface area contributed by atoms with Crippen LogP contribution in [0.3, 0.4) is 0 Å². The van der Waals surface area contributed by atoms with Crippen LogP contribution in [0.4, 0.5) is 0 Å². The summed E-state index contributed by atoms with van der Waals surface area (Å²) in [6, 6.07) is 9.09. The minimum atomic E-state index is -0.802. The van der Waals surface area contributed by atoms with Crippen molar-refractivity contribution in [1.29, 1.82) is 0 Å². The third-order valence-electron chi connectivity index (χ3n) is 3.73. The summed E-state index contributed by atoms with van der Waals surface area (Å²) < 4.78 is 0. The van der Waals surface area contributed by atoms with E-state index in [9.17, 15) is 9.90 Å². The summed E-state index contributed by atoms with van der Waals surface area (Å²) in [6.45, 7) is 2.13. The van der Waals surface area contributed by atoms with E-state index < -0.39 is 12.0 Å². The largest absolute Gasteiger partial charge is 0.480 e. The van der Waals surface area contributed by atoms with Crippen LogP contribution >= 0.6 is 0 Å². The number of benzene rings is 1. The SMILES string of the molecule is CN1CCCC(NC(C(=O)O)c2ccccc2)CC1. The summed E-state index contributed by atoms with van der Waals surface area (Å²) in [5, 5.41) is 12.7. The van der Waals surface area contributed by atoms with E-state index in [1.54, 1.807) is 0 Å². The molecule has 1 aromatic rings. The maximum absolute atomic E-state index is 11.5. The molecule has 1 saturated heterocycles. The Bertz CT molecular complexity index is 408. The first-order valence-corrected chi connectivity index (χ1v) is 6.89. The molecule has 2 N–H and O–H groups in total. The van der Waals surface area contributed by atoms with Gasteiger partial charge in [0.15, 0.2) is 0 Å². The van der Waals surface area contributed by atoms with Crippen molar-refractivity contribution >= 4 is 5.97 Å². The fraction of sp³-hybridized carbons (Fsp3) is 0.533. The van der Waals surface area contributed by atoms with Gasteiger partial charge in [-0.25, -0.2) is 0 Å². The second kappa shape index (κ2) is 6.68. The van der Waals surface area contributed by atoms with Crippen LogP contribution in [0.5, 0.6) is 0 Å². The Hall–Kier alpha value is -1.39. The van der Waals surface area contributed by atoms with Gasteiger partial charge in [0.25, 0.3) is 0 Å². The zero-order valence-electron chi connectivity index (χ0n) is 11.4. The van der Waals surface area contributed by atoms with Gasteiger partial charge >= 0.3 is 5.97 Å². The first-order chi connectivity index (χ1) is 9.16. The number of nitrogens with one attached hydrogen (secondary N) is 1. The molecule has 1 aliphatic rings. The molecule has 0 bridgehead atoms. The summed E-state index contributed by atoms with van der Waals surface area (Å²) in [5.74, 6) is -0.802. The Morgan fingerprint density at radius 2 is 2.05 bits per heavy atom. The highest BCUT2D eigenvalue weighted by Gasteiger charge is 2.24. The number of aliphatic carboxylic acids is 1. The van der Waals surface area contributed by atoms with E-state index in [1.165, 1.54) is 0 Å². The fourth-order valence-electron chi connectivity index (χ4n) is 2.60.